The normalized spacial score (nSPS) is 20.2. The van der Waals surface area contributed by atoms with Crippen molar-refractivity contribution in [3.63, 3.8) is 0 Å². The molecule has 1 saturated carbocycles. The van der Waals surface area contributed by atoms with E-state index in [0.717, 1.165) is 31.6 Å². The molecule has 108 valence electrons. The molecule has 0 radical (unpaired) electrons. The molecule has 0 N–H and O–H groups in total. The van der Waals surface area contributed by atoms with Gasteiger partial charge in [-0.1, -0.05) is 6.07 Å². The number of carbonyl (C=O) groups excluding carboxylic acids is 1. The summed E-state index contributed by atoms with van der Waals surface area (Å²) >= 11 is 0. The molecular weight excluding hydrogens is 262 g/mol. The zero-order chi connectivity index (χ0) is 14.1. The monoisotopic (exact) mass is 280 g/mol. The molecule has 1 aliphatic heterocycles. The van der Waals surface area contributed by atoms with Crippen molar-refractivity contribution >= 4 is 5.91 Å². The Bertz CT molecular complexity index is 509. The fourth-order valence-electron chi connectivity index (χ4n) is 2.64. The molecule has 1 amide bonds. The van der Waals surface area contributed by atoms with Crippen molar-refractivity contribution in [1.29, 1.82) is 0 Å². The van der Waals surface area contributed by atoms with E-state index in [2.05, 4.69) is 4.90 Å². The minimum absolute atomic E-state index is 0.166. The Morgan fingerprint density at radius 1 is 1.15 bits per heavy atom. The molecule has 0 unspecified atom stereocenters. The van der Waals surface area contributed by atoms with E-state index in [1.807, 2.05) is 0 Å². The number of hydrogen-bond donors (Lipinski definition) is 0. The molecule has 0 spiro atoms. The van der Waals surface area contributed by atoms with Crippen LogP contribution in [0.1, 0.15) is 23.2 Å². The topological polar surface area (TPSA) is 23.6 Å². The van der Waals surface area contributed by atoms with Gasteiger partial charge in [0.05, 0.1) is 5.56 Å². The van der Waals surface area contributed by atoms with Gasteiger partial charge in [0, 0.05) is 32.7 Å². The lowest BCUT2D eigenvalue weighted by atomic mass is 10.1. The molecule has 1 saturated heterocycles. The fourth-order valence-corrected chi connectivity index (χ4v) is 2.64. The Hall–Kier alpha value is -1.49. The summed E-state index contributed by atoms with van der Waals surface area (Å²) < 4.78 is 26.8. The molecule has 2 aliphatic rings. The molecule has 0 bridgehead atoms. The second kappa shape index (κ2) is 5.48. The number of nitrogens with zero attached hydrogens (tertiary/aromatic N) is 2. The molecule has 1 heterocycles. The van der Waals surface area contributed by atoms with Gasteiger partial charge in [0.25, 0.3) is 5.91 Å². The second-order valence-electron chi connectivity index (χ2n) is 5.64. The highest BCUT2D eigenvalue weighted by molar-refractivity contribution is 5.94. The molecule has 3 rings (SSSR count). The Labute approximate surface area is 117 Å². The lowest BCUT2D eigenvalue weighted by Gasteiger charge is -2.34. The van der Waals surface area contributed by atoms with E-state index in [4.69, 9.17) is 0 Å². The summed E-state index contributed by atoms with van der Waals surface area (Å²) in [7, 11) is 0. The van der Waals surface area contributed by atoms with Crippen LogP contribution in [0.2, 0.25) is 0 Å². The van der Waals surface area contributed by atoms with Crippen molar-refractivity contribution in [3.05, 3.63) is 35.4 Å². The number of carbonyl (C=O) groups is 1. The number of rotatable bonds is 3. The van der Waals surface area contributed by atoms with Crippen LogP contribution in [-0.4, -0.2) is 48.4 Å². The highest BCUT2D eigenvalue weighted by Gasteiger charge is 2.28. The molecule has 20 heavy (non-hydrogen) atoms. The number of piperazine rings is 1. The molecular formula is C15H18F2N2O. The van der Waals surface area contributed by atoms with E-state index >= 15 is 0 Å². The van der Waals surface area contributed by atoms with E-state index in [-0.39, 0.29) is 5.56 Å². The summed E-state index contributed by atoms with van der Waals surface area (Å²) in [5.74, 6) is -1.59. The van der Waals surface area contributed by atoms with Crippen LogP contribution in [0, 0.1) is 17.6 Å². The number of amides is 1. The van der Waals surface area contributed by atoms with Crippen LogP contribution >= 0.6 is 0 Å². The molecule has 1 aromatic carbocycles. The van der Waals surface area contributed by atoms with Gasteiger partial charge < -0.3 is 4.90 Å². The quantitative estimate of drug-likeness (QED) is 0.847. The van der Waals surface area contributed by atoms with Crippen LogP contribution in [0.15, 0.2) is 18.2 Å². The Balaban J connectivity index is 1.62. The van der Waals surface area contributed by atoms with Gasteiger partial charge in [-0.15, -0.1) is 0 Å². The summed E-state index contributed by atoms with van der Waals surface area (Å²) in [6.45, 7) is 3.91. The molecule has 3 nitrogen and oxygen atoms in total. The first-order valence-corrected chi connectivity index (χ1v) is 7.11. The van der Waals surface area contributed by atoms with E-state index in [0.29, 0.717) is 13.1 Å². The molecule has 1 aromatic rings. The summed E-state index contributed by atoms with van der Waals surface area (Å²) in [6.07, 6.45) is 2.63. The molecule has 0 atom stereocenters. The highest BCUT2D eigenvalue weighted by Crippen LogP contribution is 2.30. The average molecular weight is 280 g/mol. The zero-order valence-electron chi connectivity index (χ0n) is 11.3. The predicted molar refractivity (Wildman–Crippen MR) is 71.4 cm³/mol. The van der Waals surface area contributed by atoms with Crippen LogP contribution in [0.4, 0.5) is 8.78 Å². The van der Waals surface area contributed by atoms with Crippen molar-refractivity contribution < 1.29 is 13.6 Å². The first-order valence-electron chi connectivity index (χ1n) is 7.11. The van der Waals surface area contributed by atoms with Crippen molar-refractivity contribution in [2.75, 3.05) is 32.7 Å². The highest BCUT2D eigenvalue weighted by atomic mass is 19.2. The van der Waals surface area contributed by atoms with Crippen LogP contribution in [0.25, 0.3) is 0 Å². The molecule has 1 aliphatic carbocycles. The maximum absolute atomic E-state index is 13.6. The molecule has 5 heteroatoms. The summed E-state index contributed by atoms with van der Waals surface area (Å²) in [5, 5.41) is 0. The van der Waals surface area contributed by atoms with Gasteiger partial charge >= 0.3 is 0 Å². The van der Waals surface area contributed by atoms with Crippen LogP contribution < -0.4 is 0 Å². The van der Waals surface area contributed by atoms with E-state index in [1.165, 1.54) is 25.0 Å². The third kappa shape index (κ3) is 2.82. The van der Waals surface area contributed by atoms with Crippen LogP contribution in [-0.2, 0) is 0 Å². The van der Waals surface area contributed by atoms with Gasteiger partial charge in [0.15, 0.2) is 11.6 Å². The first-order chi connectivity index (χ1) is 9.65. The fraction of sp³-hybridized carbons (Fsp3) is 0.533. The predicted octanol–water partition coefficient (Wildman–Crippen LogP) is 2.13. The smallest absolute Gasteiger partial charge is 0.257 e. The maximum atomic E-state index is 13.6. The summed E-state index contributed by atoms with van der Waals surface area (Å²) in [5.41, 5.74) is -0.166. The van der Waals surface area contributed by atoms with Gasteiger partial charge in [0.2, 0.25) is 0 Å². The van der Waals surface area contributed by atoms with Crippen LogP contribution in [0.3, 0.4) is 0 Å². The van der Waals surface area contributed by atoms with Gasteiger partial charge in [-0.2, -0.15) is 0 Å². The van der Waals surface area contributed by atoms with E-state index in [9.17, 15) is 13.6 Å². The average Bonchev–Trinajstić information content (AvgIpc) is 3.26. The standard InChI is InChI=1S/C15H18F2N2O/c16-13-3-1-2-12(14(13)17)15(20)19-8-6-18(7-9-19)10-11-4-5-11/h1-3,11H,4-10H2. The molecule has 0 aromatic heterocycles. The Morgan fingerprint density at radius 2 is 1.85 bits per heavy atom. The largest absolute Gasteiger partial charge is 0.336 e. The third-order valence-corrected chi connectivity index (χ3v) is 4.05. The second-order valence-corrected chi connectivity index (χ2v) is 5.64. The van der Waals surface area contributed by atoms with Crippen LogP contribution in [0.5, 0.6) is 0 Å². The summed E-state index contributed by atoms with van der Waals surface area (Å²) in [4.78, 5) is 16.2. The van der Waals surface area contributed by atoms with Crippen molar-refractivity contribution in [2.24, 2.45) is 5.92 Å². The Morgan fingerprint density at radius 3 is 2.50 bits per heavy atom. The van der Waals surface area contributed by atoms with Gasteiger partial charge in [-0.3, -0.25) is 9.69 Å². The number of halogens is 2. The van der Waals surface area contributed by atoms with Crippen molar-refractivity contribution in [1.82, 2.24) is 9.80 Å². The first kappa shape index (κ1) is 13.5. The molecule has 2 fully saturated rings. The lowest BCUT2D eigenvalue weighted by molar-refractivity contribution is 0.0626. The zero-order valence-corrected chi connectivity index (χ0v) is 11.3. The van der Waals surface area contributed by atoms with Crippen molar-refractivity contribution in [2.45, 2.75) is 12.8 Å². The SMILES string of the molecule is O=C(c1cccc(F)c1F)N1CCN(CC2CC2)CC1. The number of hydrogen-bond acceptors (Lipinski definition) is 2. The van der Waals surface area contributed by atoms with Gasteiger partial charge in [-0.25, -0.2) is 8.78 Å². The lowest BCUT2D eigenvalue weighted by Crippen LogP contribution is -2.49. The van der Waals surface area contributed by atoms with Crippen molar-refractivity contribution in [3.8, 4) is 0 Å². The van der Waals surface area contributed by atoms with Gasteiger partial charge in [0.1, 0.15) is 0 Å². The van der Waals surface area contributed by atoms with E-state index < -0.39 is 17.5 Å². The Kier molecular flexibility index (Phi) is 3.70. The summed E-state index contributed by atoms with van der Waals surface area (Å²) in [6, 6.07) is 3.74. The third-order valence-electron chi connectivity index (χ3n) is 4.05. The maximum Gasteiger partial charge on any atom is 0.257 e. The van der Waals surface area contributed by atoms with Gasteiger partial charge in [-0.05, 0) is 30.9 Å². The number of benzene rings is 1. The minimum atomic E-state index is -1.04. The van der Waals surface area contributed by atoms with E-state index in [1.54, 1.807) is 4.90 Å². The minimum Gasteiger partial charge on any atom is -0.336 e.